The summed E-state index contributed by atoms with van der Waals surface area (Å²) in [5, 5.41) is 8.31. The van der Waals surface area contributed by atoms with Crippen LogP contribution in [0, 0.1) is 0 Å². The molecule has 0 unspecified atom stereocenters. The van der Waals surface area contributed by atoms with Crippen LogP contribution in [0.15, 0.2) is 36.5 Å². The number of anilines is 3. The van der Waals surface area contributed by atoms with Crippen molar-refractivity contribution in [3.05, 3.63) is 36.5 Å². The third kappa shape index (κ3) is 2.92. The maximum Gasteiger partial charge on any atom is 0.251 e. The Hall–Kier alpha value is -2.25. The number of aromatic nitrogens is 3. The highest BCUT2D eigenvalue weighted by molar-refractivity contribution is 5.56. The minimum Gasteiger partial charge on any atom is -0.355 e. The molecule has 4 rings (SSSR count). The van der Waals surface area contributed by atoms with Crippen molar-refractivity contribution in [2.75, 3.05) is 43.2 Å². The van der Waals surface area contributed by atoms with Crippen LogP contribution in [0.25, 0.3) is 0 Å². The molecule has 2 aliphatic heterocycles. The Kier molecular flexibility index (Phi) is 4.03. The van der Waals surface area contributed by atoms with Crippen LogP contribution in [0.2, 0.25) is 0 Å². The third-order valence-electron chi connectivity index (χ3n) is 4.64. The standard InChI is InChI=1S/C17H21N5O2/c1-21(14-5-3-2-4-6-14)16-19-15(13-18-20-16)22-9-7-17(8-10-22)23-11-12-24-17/h2-6,13H,7-12H2,1H3. The van der Waals surface area contributed by atoms with Gasteiger partial charge in [-0.25, -0.2) is 0 Å². The van der Waals surface area contributed by atoms with E-state index in [1.54, 1.807) is 6.20 Å². The van der Waals surface area contributed by atoms with E-state index in [1.807, 2.05) is 42.3 Å². The molecule has 0 N–H and O–H groups in total. The molecule has 1 spiro atoms. The van der Waals surface area contributed by atoms with Gasteiger partial charge in [-0.3, -0.25) is 0 Å². The van der Waals surface area contributed by atoms with Gasteiger partial charge >= 0.3 is 0 Å². The predicted octanol–water partition coefficient (Wildman–Crippen LogP) is 1.98. The Morgan fingerprint density at radius 2 is 1.79 bits per heavy atom. The Morgan fingerprint density at radius 1 is 1.08 bits per heavy atom. The lowest BCUT2D eigenvalue weighted by atomic mass is 10.0. The second-order valence-corrected chi connectivity index (χ2v) is 6.10. The van der Waals surface area contributed by atoms with Crippen molar-refractivity contribution in [3.63, 3.8) is 0 Å². The van der Waals surface area contributed by atoms with Crippen LogP contribution in [-0.2, 0) is 9.47 Å². The second-order valence-electron chi connectivity index (χ2n) is 6.10. The molecule has 3 heterocycles. The molecule has 2 fully saturated rings. The lowest BCUT2D eigenvalue weighted by Crippen LogP contribution is -2.45. The lowest BCUT2D eigenvalue weighted by molar-refractivity contribution is -0.169. The molecule has 1 aromatic carbocycles. The number of piperidine rings is 1. The molecule has 2 aliphatic rings. The van der Waals surface area contributed by atoms with Crippen molar-refractivity contribution in [1.82, 2.24) is 15.2 Å². The van der Waals surface area contributed by atoms with E-state index in [-0.39, 0.29) is 5.79 Å². The number of hydrogen-bond donors (Lipinski definition) is 0. The first-order chi connectivity index (χ1) is 11.8. The quantitative estimate of drug-likeness (QED) is 0.854. The largest absolute Gasteiger partial charge is 0.355 e. The summed E-state index contributed by atoms with van der Waals surface area (Å²) >= 11 is 0. The monoisotopic (exact) mass is 327 g/mol. The minimum absolute atomic E-state index is 0.374. The van der Waals surface area contributed by atoms with Crippen LogP contribution in [-0.4, -0.2) is 54.3 Å². The van der Waals surface area contributed by atoms with Crippen LogP contribution in [0.1, 0.15) is 12.8 Å². The first-order valence-electron chi connectivity index (χ1n) is 8.27. The zero-order valence-corrected chi connectivity index (χ0v) is 13.8. The molecule has 0 radical (unpaired) electrons. The molecule has 0 amide bonds. The van der Waals surface area contributed by atoms with E-state index in [0.717, 1.165) is 37.4 Å². The van der Waals surface area contributed by atoms with Gasteiger partial charge in [-0.1, -0.05) is 18.2 Å². The van der Waals surface area contributed by atoms with Crippen LogP contribution < -0.4 is 9.80 Å². The normalized spacial score (nSPS) is 19.6. The summed E-state index contributed by atoms with van der Waals surface area (Å²) in [6, 6.07) is 10.0. The lowest BCUT2D eigenvalue weighted by Gasteiger charge is -2.38. The smallest absolute Gasteiger partial charge is 0.251 e. The number of hydrogen-bond acceptors (Lipinski definition) is 7. The van der Waals surface area contributed by atoms with Crippen LogP contribution >= 0.6 is 0 Å². The van der Waals surface area contributed by atoms with E-state index in [0.29, 0.717) is 19.2 Å². The van der Waals surface area contributed by atoms with Gasteiger partial charge in [0.25, 0.3) is 5.95 Å². The molecule has 0 saturated carbocycles. The zero-order chi connectivity index (χ0) is 16.4. The van der Waals surface area contributed by atoms with Gasteiger partial charge < -0.3 is 19.3 Å². The van der Waals surface area contributed by atoms with Gasteiger partial charge in [0, 0.05) is 38.7 Å². The number of benzene rings is 1. The Morgan fingerprint density at radius 3 is 2.50 bits per heavy atom. The third-order valence-corrected chi connectivity index (χ3v) is 4.64. The first kappa shape index (κ1) is 15.3. The Labute approximate surface area is 141 Å². The fourth-order valence-corrected chi connectivity index (χ4v) is 3.21. The Balaban J connectivity index is 1.49. The van der Waals surface area contributed by atoms with E-state index >= 15 is 0 Å². The van der Waals surface area contributed by atoms with Crippen molar-refractivity contribution < 1.29 is 9.47 Å². The molecule has 2 aromatic rings. The fourth-order valence-electron chi connectivity index (χ4n) is 3.21. The van der Waals surface area contributed by atoms with E-state index in [1.165, 1.54) is 0 Å². The van der Waals surface area contributed by atoms with Crippen molar-refractivity contribution >= 4 is 17.5 Å². The topological polar surface area (TPSA) is 63.6 Å². The summed E-state index contributed by atoms with van der Waals surface area (Å²) in [6.45, 7) is 3.07. The molecule has 126 valence electrons. The summed E-state index contributed by atoms with van der Waals surface area (Å²) in [7, 11) is 1.95. The van der Waals surface area contributed by atoms with Gasteiger partial charge in [0.2, 0.25) is 0 Å². The molecule has 0 aliphatic carbocycles. The maximum absolute atomic E-state index is 5.78. The summed E-state index contributed by atoms with van der Waals surface area (Å²) < 4.78 is 11.6. The predicted molar refractivity (Wildman–Crippen MR) is 90.4 cm³/mol. The van der Waals surface area contributed by atoms with Crippen molar-refractivity contribution in [3.8, 4) is 0 Å². The maximum atomic E-state index is 5.78. The summed E-state index contributed by atoms with van der Waals surface area (Å²) in [4.78, 5) is 8.84. The summed E-state index contributed by atoms with van der Waals surface area (Å²) in [5.41, 5.74) is 1.03. The molecular weight excluding hydrogens is 306 g/mol. The first-order valence-corrected chi connectivity index (χ1v) is 8.27. The Bertz CT molecular complexity index is 680. The highest BCUT2D eigenvalue weighted by atomic mass is 16.7. The van der Waals surface area contributed by atoms with Crippen LogP contribution in [0.5, 0.6) is 0 Å². The molecule has 2 saturated heterocycles. The minimum atomic E-state index is -0.374. The van der Waals surface area contributed by atoms with Crippen LogP contribution in [0.4, 0.5) is 17.5 Å². The average Bonchev–Trinajstić information content (AvgIpc) is 3.10. The van der Waals surface area contributed by atoms with Gasteiger partial charge in [0.05, 0.1) is 19.4 Å². The second kappa shape index (κ2) is 6.33. The highest BCUT2D eigenvalue weighted by Crippen LogP contribution is 2.32. The van der Waals surface area contributed by atoms with Crippen LogP contribution in [0.3, 0.4) is 0 Å². The van der Waals surface area contributed by atoms with Gasteiger partial charge in [-0.15, -0.1) is 5.10 Å². The van der Waals surface area contributed by atoms with Gasteiger partial charge in [-0.2, -0.15) is 10.1 Å². The number of ether oxygens (including phenoxy) is 2. The zero-order valence-electron chi connectivity index (χ0n) is 13.8. The summed E-state index contributed by atoms with van der Waals surface area (Å²) in [6.07, 6.45) is 3.42. The average molecular weight is 327 g/mol. The molecule has 7 nitrogen and oxygen atoms in total. The number of rotatable bonds is 3. The fraction of sp³-hybridized carbons (Fsp3) is 0.471. The van der Waals surface area contributed by atoms with Gasteiger partial charge in [0.15, 0.2) is 11.6 Å². The number of nitrogens with zero attached hydrogens (tertiary/aromatic N) is 5. The van der Waals surface area contributed by atoms with Gasteiger partial charge in [-0.05, 0) is 12.1 Å². The molecule has 0 atom stereocenters. The van der Waals surface area contributed by atoms with Crippen molar-refractivity contribution in [2.45, 2.75) is 18.6 Å². The molecule has 1 aromatic heterocycles. The van der Waals surface area contributed by atoms with E-state index < -0.39 is 0 Å². The van der Waals surface area contributed by atoms with Crippen molar-refractivity contribution in [2.24, 2.45) is 0 Å². The van der Waals surface area contributed by atoms with E-state index in [2.05, 4.69) is 20.1 Å². The van der Waals surface area contributed by atoms with E-state index in [4.69, 9.17) is 9.47 Å². The van der Waals surface area contributed by atoms with E-state index in [9.17, 15) is 0 Å². The molecular formula is C17H21N5O2. The summed E-state index contributed by atoms with van der Waals surface area (Å²) in [5.74, 6) is 1.06. The van der Waals surface area contributed by atoms with Gasteiger partial charge in [0.1, 0.15) is 0 Å². The molecule has 24 heavy (non-hydrogen) atoms. The highest BCUT2D eigenvalue weighted by Gasteiger charge is 2.40. The number of para-hydroxylation sites is 1. The molecule has 0 bridgehead atoms. The van der Waals surface area contributed by atoms with Crippen molar-refractivity contribution in [1.29, 1.82) is 0 Å². The SMILES string of the molecule is CN(c1ccccc1)c1nncc(N2CCC3(CC2)OCCO3)n1. The molecule has 7 heteroatoms.